The molecule has 0 bridgehead atoms. The van der Waals surface area contributed by atoms with Crippen molar-refractivity contribution < 1.29 is 36.0 Å². The SMILES string of the molecule is CC(C)(C)C(=O)CC(=O)C(C)(C)C.CC(C)(C)C(=O)CC(=O)C(C)(C)C.[Co+2]. The van der Waals surface area contributed by atoms with Gasteiger partial charge in [0.05, 0.1) is 12.8 Å². The largest absolute Gasteiger partial charge is 2.00 e. The number of hydrogen-bond acceptors (Lipinski definition) is 4. The van der Waals surface area contributed by atoms with Crippen molar-refractivity contribution in [2.24, 2.45) is 21.7 Å². The maximum atomic E-state index is 11.5. The van der Waals surface area contributed by atoms with E-state index in [4.69, 9.17) is 0 Å². The third-order valence-electron chi connectivity index (χ3n) is 3.99. The molecule has 27 heavy (non-hydrogen) atoms. The number of hydrogen-bond donors (Lipinski definition) is 0. The monoisotopic (exact) mass is 427 g/mol. The number of rotatable bonds is 4. The Hall–Kier alpha value is -0.814. The molecule has 0 fully saturated rings. The Bertz CT molecular complexity index is 435. The first kappa shape index (κ1) is 30.9. The topological polar surface area (TPSA) is 68.3 Å². The van der Waals surface area contributed by atoms with Crippen LogP contribution in [0.5, 0.6) is 0 Å². The Morgan fingerprint density at radius 3 is 0.593 bits per heavy atom. The summed E-state index contributed by atoms with van der Waals surface area (Å²) in [4.78, 5) is 46.0. The summed E-state index contributed by atoms with van der Waals surface area (Å²) >= 11 is 0. The fraction of sp³-hybridized carbons (Fsp3) is 0.818. The molecule has 4 nitrogen and oxygen atoms in total. The van der Waals surface area contributed by atoms with Gasteiger partial charge in [-0.05, 0) is 0 Å². The van der Waals surface area contributed by atoms with Gasteiger partial charge in [-0.3, -0.25) is 19.2 Å². The first-order chi connectivity index (χ1) is 11.1. The van der Waals surface area contributed by atoms with Crippen LogP contribution in [0.3, 0.4) is 0 Å². The minimum atomic E-state index is -0.402. The average Bonchev–Trinajstić information content (AvgIpc) is 2.34. The molecule has 0 aliphatic rings. The van der Waals surface area contributed by atoms with Gasteiger partial charge in [-0.25, -0.2) is 0 Å². The molecule has 0 aliphatic carbocycles. The second-order valence-electron chi connectivity index (χ2n) is 11.0. The zero-order valence-corrected chi connectivity index (χ0v) is 20.4. The molecule has 0 aromatic carbocycles. The molecule has 0 amide bonds. The molecule has 0 aromatic heterocycles. The van der Waals surface area contributed by atoms with Crippen LogP contribution in [0.25, 0.3) is 0 Å². The zero-order valence-electron chi connectivity index (χ0n) is 19.4. The zero-order chi connectivity index (χ0) is 21.7. The van der Waals surface area contributed by atoms with Gasteiger partial charge in [-0.15, -0.1) is 0 Å². The van der Waals surface area contributed by atoms with Crippen molar-refractivity contribution in [3.63, 3.8) is 0 Å². The summed E-state index contributed by atoms with van der Waals surface area (Å²) in [7, 11) is 0. The molecular formula is C22H40CoO4+2. The van der Waals surface area contributed by atoms with Gasteiger partial charge in [0, 0.05) is 21.7 Å². The molecule has 0 unspecified atom stereocenters. The van der Waals surface area contributed by atoms with Crippen molar-refractivity contribution in [2.45, 2.75) is 95.9 Å². The number of carbonyl (C=O) groups excluding carboxylic acids is 4. The van der Waals surface area contributed by atoms with Gasteiger partial charge in [0.1, 0.15) is 23.1 Å². The van der Waals surface area contributed by atoms with Crippen LogP contribution in [0, 0.1) is 21.7 Å². The second kappa shape index (κ2) is 10.7. The second-order valence-corrected chi connectivity index (χ2v) is 11.0. The predicted molar refractivity (Wildman–Crippen MR) is 107 cm³/mol. The predicted octanol–water partition coefficient (Wildman–Crippen LogP) is 5.21. The van der Waals surface area contributed by atoms with E-state index in [-0.39, 0.29) is 52.8 Å². The summed E-state index contributed by atoms with van der Waals surface area (Å²) in [5.74, 6) is 0.0831. The van der Waals surface area contributed by atoms with Crippen molar-refractivity contribution in [2.75, 3.05) is 0 Å². The van der Waals surface area contributed by atoms with Crippen LogP contribution in [0.1, 0.15) is 95.9 Å². The number of carbonyl (C=O) groups is 4. The molecule has 0 saturated heterocycles. The molecule has 0 saturated carbocycles. The summed E-state index contributed by atoms with van der Waals surface area (Å²) in [6.45, 7) is 22.1. The van der Waals surface area contributed by atoms with E-state index >= 15 is 0 Å². The Labute approximate surface area is 176 Å². The minimum absolute atomic E-state index is 0. The van der Waals surface area contributed by atoms with Crippen LogP contribution in [0.4, 0.5) is 0 Å². The third kappa shape index (κ3) is 13.9. The van der Waals surface area contributed by atoms with Crippen molar-refractivity contribution >= 4 is 23.1 Å². The van der Waals surface area contributed by atoms with Crippen LogP contribution >= 0.6 is 0 Å². The molecular weight excluding hydrogens is 387 g/mol. The van der Waals surface area contributed by atoms with Crippen molar-refractivity contribution in [3.05, 3.63) is 0 Å². The average molecular weight is 427 g/mol. The van der Waals surface area contributed by atoms with E-state index in [2.05, 4.69) is 0 Å². The van der Waals surface area contributed by atoms with E-state index in [1.54, 1.807) is 0 Å². The molecule has 159 valence electrons. The molecule has 0 rings (SSSR count). The molecule has 0 N–H and O–H groups in total. The van der Waals surface area contributed by atoms with Gasteiger partial charge in [-0.1, -0.05) is 83.1 Å². The van der Waals surface area contributed by atoms with E-state index in [1.807, 2.05) is 83.1 Å². The molecule has 5 heteroatoms. The summed E-state index contributed by atoms with van der Waals surface area (Å²) in [5.41, 5.74) is -1.61. The van der Waals surface area contributed by atoms with Crippen LogP contribution in [-0.4, -0.2) is 23.1 Å². The van der Waals surface area contributed by atoms with Crippen LogP contribution in [0.15, 0.2) is 0 Å². The Kier molecular flexibility index (Phi) is 12.2. The summed E-state index contributed by atoms with van der Waals surface area (Å²) in [6.07, 6.45) is 0.125. The van der Waals surface area contributed by atoms with Crippen LogP contribution in [0.2, 0.25) is 0 Å². The van der Waals surface area contributed by atoms with Gasteiger partial charge >= 0.3 is 16.8 Å². The Balaban J connectivity index is -0.000000411. The van der Waals surface area contributed by atoms with Gasteiger partial charge < -0.3 is 0 Å². The molecule has 0 aromatic rings. The van der Waals surface area contributed by atoms with E-state index in [1.165, 1.54) is 0 Å². The van der Waals surface area contributed by atoms with Gasteiger partial charge in [0.15, 0.2) is 0 Å². The maximum absolute atomic E-state index is 11.5. The van der Waals surface area contributed by atoms with Gasteiger partial charge in [0.25, 0.3) is 0 Å². The normalized spacial score (nSPS) is 12.3. The fourth-order valence-corrected chi connectivity index (χ4v) is 1.35. The van der Waals surface area contributed by atoms with E-state index in [0.717, 1.165) is 0 Å². The van der Waals surface area contributed by atoms with Gasteiger partial charge in [-0.2, -0.15) is 0 Å². The van der Waals surface area contributed by atoms with Crippen LogP contribution in [-0.2, 0) is 36.0 Å². The van der Waals surface area contributed by atoms with Crippen molar-refractivity contribution in [3.8, 4) is 0 Å². The first-order valence-electron chi connectivity index (χ1n) is 9.23. The quantitative estimate of drug-likeness (QED) is 0.578. The molecule has 0 aliphatic heterocycles. The number of Topliss-reactive ketones (excluding diaryl/α,β-unsaturated/α-hetero) is 4. The summed E-state index contributed by atoms with van der Waals surface area (Å²) in [6, 6.07) is 0. The Morgan fingerprint density at radius 1 is 0.407 bits per heavy atom. The summed E-state index contributed by atoms with van der Waals surface area (Å²) in [5, 5.41) is 0. The minimum Gasteiger partial charge on any atom is -0.299 e. The molecule has 0 spiro atoms. The van der Waals surface area contributed by atoms with E-state index < -0.39 is 21.7 Å². The smallest absolute Gasteiger partial charge is 0.299 e. The number of ketones is 4. The fourth-order valence-electron chi connectivity index (χ4n) is 1.35. The first-order valence-corrected chi connectivity index (χ1v) is 9.23. The van der Waals surface area contributed by atoms with E-state index in [9.17, 15) is 19.2 Å². The summed E-state index contributed by atoms with van der Waals surface area (Å²) < 4.78 is 0. The maximum Gasteiger partial charge on any atom is 2.00 e. The van der Waals surface area contributed by atoms with Crippen LogP contribution < -0.4 is 0 Å². The molecule has 0 heterocycles. The molecule has 1 radical (unpaired) electrons. The Morgan fingerprint density at radius 2 is 0.519 bits per heavy atom. The van der Waals surface area contributed by atoms with E-state index in [0.29, 0.717) is 0 Å². The van der Waals surface area contributed by atoms with Crippen molar-refractivity contribution in [1.29, 1.82) is 0 Å². The molecule has 0 atom stereocenters. The van der Waals surface area contributed by atoms with Crippen molar-refractivity contribution in [1.82, 2.24) is 0 Å². The third-order valence-corrected chi connectivity index (χ3v) is 3.99. The standard InChI is InChI=1S/2C11H20O2.Co/c2*1-10(2,3)8(12)7-9(13)11(4,5)6;/h2*7H2,1-6H3;/q;;+2. The van der Waals surface area contributed by atoms with Gasteiger partial charge in [0.2, 0.25) is 0 Å².